The van der Waals surface area contributed by atoms with Gasteiger partial charge in [0, 0.05) is 57.8 Å². The molecular formula is C26H33FN4O2Si. The van der Waals surface area contributed by atoms with E-state index in [2.05, 4.69) is 36.3 Å². The lowest BCUT2D eigenvalue weighted by Gasteiger charge is -2.12. The highest BCUT2D eigenvalue weighted by atomic mass is 28.3. The zero-order valence-corrected chi connectivity index (χ0v) is 21.8. The first-order valence-electron chi connectivity index (χ1n) is 11.8. The van der Waals surface area contributed by atoms with Gasteiger partial charge in [0.25, 0.3) is 0 Å². The Bertz CT molecular complexity index is 1280. The van der Waals surface area contributed by atoms with Crippen LogP contribution in [0.15, 0.2) is 42.6 Å². The summed E-state index contributed by atoms with van der Waals surface area (Å²) in [4.78, 5) is 0. The van der Waals surface area contributed by atoms with Crippen molar-refractivity contribution >= 4 is 19.7 Å². The third kappa shape index (κ3) is 5.56. The van der Waals surface area contributed by atoms with Crippen molar-refractivity contribution in [2.75, 3.05) is 13.2 Å². The first-order chi connectivity index (χ1) is 16.3. The summed E-state index contributed by atoms with van der Waals surface area (Å²) in [6.07, 6.45) is 2.70. The molecule has 0 saturated heterocycles. The van der Waals surface area contributed by atoms with Crippen LogP contribution in [0.1, 0.15) is 17.0 Å². The molecule has 2 aromatic heterocycles. The smallest absolute Gasteiger partial charge is 0.139 e. The van der Waals surface area contributed by atoms with Crippen LogP contribution in [0, 0.1) is 19.7 Å². The molecule has 0 aliphatic rings. The van der Waals surface area contributed by atoms with Gasteiger partial charge in [0.15, 0.2) is 0 Å². The summed E-state index contributed by atoms with van der Waals surface area (Å²) in [5.41, 5.74) is 6.01. The number of aromatic nitrogens is 4. The maximum absolute atomic E-state index is 14.1. The molecule has 4 aromatic rings. The van der Waals surface area contributed by atoms with Crippen LogP contribution in [0.25, 0.3) is 22.0 Å². The maximum atomic E-state index is 14.1. The van der Waals surface area contributed by atoms with E-state index in [1.165, 1.54) is 17.7 Å². The van der Waals surface area contributed by atoms with Crippen molar-refractivity contribution in [3.8, 4) is 16.9 Å². The molecule has 0 N–H and O–H groups in total. The summed E-state index contributed by atoms with van der Waals surface area (Å²) in [6, 6.07) is 11.9. The number of nitrogens with zero attached hydrogens (tertiary/aromatic N) is 4. The standard InChI is InChI=1S/C26H33FN4O2Si/c1-18-23(19(2)30(3)28-18)10-11-33-26-15-22(27)7-8-24(26)20-6-9-25-21(14-20)16-31(29-25)17-32-12-13-34(4)5/h6-9,14-16,34H,10-13,17H2,1-5H3. The van der Waals surface area contributed by atoms with E-state index < -0.39 is 8.80 Å². The van der Waals surface area contributed by atoms with Gasteiger partial charge in [0.1, 0.15) is 18.3 Å². The van der Waals surface area contributed by atoms with Crippen LogP contribution in [-0.4, -0.2) is 41.6 Å². The fourth-order valence-corrected chi connectivity index (χ4v) is 4.72. The molecule has 0 atom stereocenters. The fraction of sp³-hybridized carbons (Fsp3) is 0.385. The number of aryl methyl sites for hydroxylation is 2. The van der Waals surface area contributed by atoms with E-state index >= 15 is 0 Å². The predicted molar refractivity (Wildman–Crippen MR) is 137 cm³/mol. The second-order valence-electron chi connectivity index (χ2n) is 9.17. The van der Waals surface area contributed by atoms with Crippen LogP contribution in [0.3, 0.4) is 0 Å². The van der Waals surface area contributed by atoms with Crippen molar-refractivity contribution in [3.05, 3.63) is 65.4 Å². The molecule has 0 amide bonds. The second-order valence-corrected chi connectivity index (χ2v) is 12.5. The lowest BCUT2D eigenvalue weighted by Crippen LogP contribution is -2.08. The van der Waals surface area contributed by atoms with Crippen LogP contribution < -0.4 is 4.74 Å². The largest absolute Gasteiger partial charge is 0.492 e. The zero-order valence-electron chi connectivity index (χ0n) is 20.6. The molecule has 2 aromatic carbocycles. The van der Waals surface area contributed by atoms with Gasteiger partial charge in [-0.05, 0) is 55.3 Å². The van der Waals surface area contributed by atoms with Crippen LogP contribution in [0.2, 0.25) is 19.1 Å². The summed E-state index contributed by atoms with van der Waals surface area (Å²) in [6.45, 7) is 10.4. The highest BCUT2D eigenvalue weighted by Crippen LogP contribution is 2.33. The summed E-state index contributed by atoms with van der Waals surface area (Å²) in [5, 5.41) is 10.1. The second kappa shape index (κ2) is 10.5. The van der Waals surface area contributed by atoms with Gasteiger partial charge in [-0.15, -0.1) is 0 Å². The van der Waals surface area contributed by atoms with Crippen molar-refractivity contribution in [2.45, 2.75) is 46.1 Å². The molecule has 0 radical (unpaired) electrons. The lowest BCUT2D eigenvalue weighted by molar-refractivity contribution is 0.0794. The number of fused-ring (bicyclic) bond motifs is 1. The minimum absolute atomic E-state index is 0.317. The third-order valence-electron chi connectivity index (χ3n) is 6.14. The molecule has 0 aliphatic carbocycles. The van der Waals surface area contributed by atoms with Crippen molar-refractivity contribution in [1.82, 2.24) is 19.6 Å². The molecule has 0 saturated carbocycles. The Labute approximate surface area is 201 Å². The maximum Gasteiger partial charge on any atom is 0.139 e. The first-order valence-corrected chi connectivity index (χ1v) is 14.9. The molecule has 0 bridgehead atoms. The topological polar surface area (TPSA) is 54.1 Å². The Morgan fingerprint density at radius 3 is 2.59 bits per heavy atom. The third-order valence-corrected chi connectivity index (χ3v) is 7.53. The Balaban J connectivity index is 1.50. The van der Waals surface area contributed by atoms with E-state index in [-0.39, 0.29) is 5.82 Å². The highest BCUT2D eigenvalue weighted by molar-refractivity contribution is 6.55. The molecule has 180 valence electrons. The molecule has 4 rings (SSSR count). The number of rotatable bonds is 10. The molecule has 0 spiro atoms. The monoisotopic (exact) mass is 480 g/mol. The van der Waals surface area contributed by atoms with E-state index in [9.17, 15) is 4.39 Å². The Morgan fingerprint density at radius 2 is 1.85 bits per heavy atom. The van der Waals surface area contributed by atoms with Gasteiger partial charge >= 0.3 is 0 Å². The zero-order chi connectivity index (χ0) is 24.2. The number of benzene rings is 2. The van der Waals surface area contributed by atoms with Gasteiger partial charge in [-0.25, -0.2) is 9.07 Å². The van der Waals surface area contributed by atoms with Gasteiger partial charge in [-0.3, -0.25) is 4.68 Å². The van der Waals surface area contributed by atoms with Gasteiger partial charge in [0.05, 0.1) is 17.8 Å². The number of halogens is 1. The number of ether oxygens (including phenoxy) is 2. The molecule has 0 fully saturated rings. The summed E-state index contributed by atoms with van der Waals surface area (Å²) < 4.78 is 29.6. The Hall–Kier alpha value is -2.97. The predicted octanol–water partition coefficient (Wildman–Crippen LogP) is 5.28. The first kappa shape index (κ1) is 24.2. The summed E-state index contributed by atoms with van der Waals surface area (Å²) in [5.74, 6) is 0.218. The molecular weight excluding hydrogens is 447 g/mol. The minimum atomic E-state index is -0.604. The van der Waals surface area contributed by atoms with Crippen LogP contribution >= 0.6 is 0 Å². The number of hydrogen-bond acceptors (Lipinski definition) is 4. The molecule has 0 unspecified atom stereocenters. The lowest BCUT2D eigenvalue weighted by atomic mass is 10.0. The SMILES string of the molecule is Cc1nn(C)c(C)c1CCOc1cc(F)ccc1-c1ccc2nn(COCC[SiH](C)C)cc2c1. The van der Waals surface area contributed by atoms with E-state index in [0.717, 1.165) is 46.1 Å². The molecule has 6 nitrogen and oxygen atoms in total. The average molecular weight is 481 g/mol. The normalized spacial score (nSPS) is 11.6. The molecule has 34 heavy (non-hydrogen) atoms. The van der Waals surface area contributed by atoms with Crippen LogP contribution in [-0.2, 0) is 24.9 Å². The van der Waals surface area contributed by atoms with Crippen LogP contribution in [0.5, 0.6) is 5.75 Å². The highest BCUT2D eigenvalue weighted by Gasteiger charge is 2.13. The van der Waals surface area contributed by atoms with Gasteiger partial charge in [-0.2, -0.15) is 10.2 Å². The quantitative estimate of drug-likeness (QED) is 0.229. The van der Waals surface area contributed by atoms with Crippen molar-refractivity contribution in [3.63, 3.8) is 0 Å². The van der Waals surface area contributed by atoms with E-state index in [4.69, 9.17) is 9.47 Å². The Kier molecular flexibility index (Phi) is 7.48. The van der Waals surface area contributed by atoms with Gasteiger partial charge in [0.2, 0.25) is 0 Å². The average Bonchev–Trinajstić information content (AvgIpc) is 3.31. The van der Waals surface area contributed by atoms with Crippen molar-refractivity contribution in [1.29, 1.82) is 0 Å². The van der Waals surface area contributed by atoms with E-state index in [0.29, 0.717) is 25.5 Å². The van der Waals surface area contributed by atoms with E-state index in [1.54, 1.807) is 6.07 Å². The number of hydrogen-bond donors (Lipinski definition) is 0. The van der Waals surface area contributed by atoms with Gasteiger partial charge in [-0.1, -0.05) is 19.2 Å². The molecule has 8 heteroatoms. The molecule has 2 heterocycles. The fourth-order valence-electron chi connectivity index (χ4n) is 4.08. The van der Waals surface area contributed by atoms with Gasteiger partial charge < -0.3 is 9.47 Å². The summed E-state index contributed by atoms with van der Waals surface area (Å²) >= 11 is 0. The van der Waals surface area contributed by atoms with E-state index in [1.807, 2.05) is 41.7 Å². The molecule has 0 aliphatic heterocycles. The minimum Gasteiger partial charge on any atom is -0.492 e. The Morgan fingerprint density at radius 1 is 1.03 bits per heavy atom. The summed E-state index contributed by atoms with van der Waals surface area (Å²) in [7, 11) is 1.34. The van der Waals surface area contributed by atoms with Crippen molar-refractivity contribution < 1.29 is 13.9 Å². The van der Waals surface area contributed by atoms with Crippen LogP contribution in [0.4, 0.5) is 4.39 Å². The van der Waals surface area contributed by atoms with Crippen molar-refractivity contribution in [2.24, 2.45) is 7.05 Å².